The smallest absolute Gasteiger partial charge is 0.0512 e. The van der Waals surface area contributed by atoms with E-state index in [0.717, 1.165) is 25.7 Å². The van der Waals surface area contributed by atoms with Crippen LogP contribution in [0.25, 0.3) is 0 Å². The highest BCUT2D eigenvalue weighted by molar-refractivity contribution is 4.85. The lowest BCUT2D eigenvalue weighted by Crippen LogP contribution is -2.40. The van der Waals surface area contributed by atoms with Crippen molar-refractivity contribution in [1.82, 2.24) is 0 Å². The molecule has 0 spiro atoms. The molecule has 1 fully saturated rings. The summed E-state index contributed by atoms with van der Waals surface area (Å²) < 4.78 is 0. The summed E-state index contributed by atoms with van der Waals surface area (Å²) in [6, 6.07) is 0. The Labute approximate surface area is 188 Å². The highest BCUT2D eigenvalue weighted by Gasteiger charge is 2.36. The zero-order chi connectivity index (χ0) is 21.8. The molecule has 180 valence electrons. The molecular weight excluding hydrogens is 372 g/mol. The molecule has 0 radical (unpaired) electrons. The zero-order valence-electron chi connectivity index (χ0n) is 20.1. The molecule has 30 heavy (non-hydrogen) atoms. The minimum absolute atomic E-state index is 0.00523. The second-order valence-electron chi connectivity index (χ2n) is 10.2. The van der Waals surface area contributed by atoms with Gasteiger partial charge >= 0.3 is 0 Å². The molecule has 1 aliphatic rings. The van der Waals surface area contributed by atoms with Gasteiger partial charge in [-0.2, -0.15) is 0 Å². The monoisotopic (exact) mass is 426 g/mol. The first kappa shape index (κ1) is 27.9. The maximum atomic E-state index is 10.1. The first-order chi connectivity index (χ1) is 14.8. The lowest BCUT2D eigenvalue weighted by molar-refractivity contribution is -0.0303. The second kappa shape index (κ2) is 19.6. The van der Waals surface area contributed by atoms with Crippen molar-refractivity contribution < 1.29 is 15.3 Å². The molecule has 3 N–H and O–H groups in total. The Bertz CT molecular complexity index is 354. The summed E-state index contributed by atoms with van der Waals surface area (Å²) in [5.74, 6) is 0.0260. The van der Waals surface area contributed by atoms with E-state index in [2.05, 4.69) is 0 Å². The molecule has 0 amide bonds. The van der Waals surface area contributed by atoms with Crippen molar-refractivity contribution in [3.05, 3.63) is 0 Å². The molecule has 1 rings (SSSR count). The second-order valence-corrected chi connectivity index (χ2v) is 10.2. The van der Waals surface area contributed by atoms with Gasteiger partial charge in [-0.1, -0.05) is 128 Å². The molecule has 0 heterocycles. The van der Waals surface area contributed by atoms with Crippen molar-refractivity contribution >= 4 is 0 Å². The fourth-order valence-electron chi connectivity index (χ4n) is 5.31. The van der Waals surface area contributed by atoms with E-state index in [9.17, 15) is 15.3 Å². The molecule has 1 unspecified atom stereocenters. The SMILES string of the molecule is OCC1CCCCCCCCCCCCCCCCCCCCCCC1(CO)CO. The predicted molar refractivity (Wildman–Crippen MR) is 129 cm³/mol. The van der Waals surface area contributed by atoms with Gasteiger partial charge in [-0.25, -0.2) is 0 Å². The molecule has 1 saturated carbocycles. The minimum Gasteiger partial charge on any atom is -0.396 e. The molecule has 0 saturated heterocycles. The van der Waals surface area contributed by atoms with Crippen LogP contribution in [0.2, 0.25) is 0 Å². The number of aliphatic hydroxyl groups excluding tert-OH is 3. The van der Waals surface area contributed by atoms with Crippen LogP contribution in [0.15, 0.2) is 0 Å². The largest absolute Gasteiger partial charge is 0.396 e. The van der Waals surface area contributed by atoms with Gasteiger partial charge in [0.25, 0.3) is 0 Å². The van der Waals surface area contributed by atoms with Crippen LogP contribution < -0.4 is 0 Å². The Balaban J connectivity index is 2.43. The van der Waals surface area contributed by atoms with Crippen LogP contribution in [-0.4, -0.2) is 35.1 Å². The van der Waals surface area contributed by atoms with E-state index in [1.165, 1.54) is 116 Å². The molecule has 3 nitrogen and oxygen atoms in total. The molecule has 1 aliphatic carbocycles. The summed E-state index contributed by atoms with van der Waals surface area (Å²) in [5.41, 5.74) is -0.498. The van der Waals surface area contributed by atoms with Gasteiger partial charge in [0.1, 0.15) is 0 Å². The van der Waals surface area contributed by atoms with Gasteiger partial charge in [0.05, 0.1) is 13.2 Å². The van der Waals surface area contributed by atoms with Crippen LogP contribution >= 0.6 is 0 Å². The van der Waals surface area contributed by atoms with Crippen molar-refractivity contribution in [3.8, 4) is 0 Å². The van der Waals surface area contributed by atoms with Crippen LogP contribution in [0.1, 0.15) is 141 Å². The fraction of sp³-hybridized carbons (Fsp3) is 1.00. The van der Waals surface area contributed by atoms with Gasteiger partial charge in [0.2, 0.25) is 0 Å². The van der Waals surface area contributed by atoms with Gasteiger partial charge in [-0.05, 0) is 18.8 Å². The summed E-state index contributed by atoms with van der Waals surface area (Å²) in [5, 5.41) is 30.1. The third kappa shape index (κ3) is 12.7. The molecule has 0 aromatic rings. The van der Waals surface area contributed by atoms with E-state index in [0.29, 0.717) is 0 Å². The summed E-state index contributed by atoms with van der Waals surface area (Å²) in [6.07, 6.45) is 28.4. The van der Waals surface area contributed by atoms with Crippen LogP contribution in [0, 0.1) is 11.3 Å². The Kier molecular flexibility index (Phi) is 18.2. The predicted octanol–water partition coefficient (Wildman–Crippen LogP) is 7.16. The summed E-state index contributed by atoms with van der Waals surface area (Å²) in [6.45, 7) is 0.0740. The first-order valence-corrected chi connectivity index (χ1v) is 13.6. The lowest BCUT2D eigenvalue weighted by Gasteiger charge is -2.37. The standard InChI is InChI=1S/C27H54O3/c28-23-26-21-19-17-15-13-11-9-7-5-3-1-2-4-6-8-10-12-14-16-18-20-22-27(26,24-29)25-30/h26,28-30H,1-25H2. The number of rotatable bonds is 3. The van der Waals surface area contributed by atoms with Crippen LogP contribution in [0.4, 0.5) is 0 Å². The number of hydrogen-bond acceptors (Lipinski definition) is 3. The Morgan fingerprint density at radius 2 is 0.733 bits per heavy atom. The van der Waals surface area contributed by atoms with E-state index in [1.54, 1.807) is 0 Å². The normalized spacial score (nSPS) is 25.9. The maximum Gasteiger partial charge on any atom is 0.0512 e. The molecule has 0 aromatic carbocycles. The molecule has 0 aliphatic heterocycles. The van der Waals surface area contributed by atoms with Crippen LogP contribution in [0.3, 0.4) is 0 Å². The Morgan fingerprint density at radius 3 is 1.03 bits per heavy atom. The number of hydrogen-bond donors (Lipinski definition) is 3. The van der Waals surface area contributed by atoms with Crippen molar-refractivity contribution in [2.45, 2.75) is 141 Å². The first-order valence-electron chi connectivity index (χ1n) is 13.6. The van der Waals surface area contributed by atoms with Crippen molar-refractivity contribution in [3.63, 3.8) is 0 Å². The fourth-order valence-corrected chi connectivity index (χ4v) is 5.31. The minimum atomic E-state index is -0.498. The topological polar surface area (TPSA) is 60.7 Å². The van der Waals surface area contributed by atoms with Crippen molar-refractivity contribution in [2.75, 3.05) is 19.8 Å². The van der Waals surface area contributed by atoms with Gasteiger partial charge < -0.3 is 15.3 Å². The van der Waals surface area contributed by atoms with Crippen molar-refractivity contribution in [1.29, 1.82) is 0 Å². The van der Waals surface area contributed by atoms with E-state index < -0.39 is 5.41 Å². The zero-order valence-corrected chi connectivity index (χ0v) is 20.1. The number of aliphatic hydroxyl groups is 3. The van der Waals surface area contributed by atoms with Gasteiger partial charge in [-0.3, -0.25) is 0 Å². The Hall–Kier alpha value is -0.120. The van der Waals surface area contributed by atoms with Gasteiger partial charge in [0, 0.05) is 12.0 Å². The maximum absolute atomic E-state index is 10.1. The third-order valence-corrected chi connectivity index (χ3v) is 7.69. The van der Waals surface area contributed by atoms with E-state index >= 15 is 0 Å². The quantitative estimate of drug-likeness (QED) is 0.448. The average Bonchev–Trinajstić information content (AvgIpc) is 2.77. The molecule has 0 bridgehead atoms. The molecular formula is C27H54O3. The van der Waals surface area contributed by atoms with Gasteiger partial charge in [0.15, 0.2) is 0 Å². The highest BCUT2D eigenvalue weighted by Crippen LogP contribution is 2.36. The van der Waals surface area contributed by atoms with E-state index in [1.807, 2.05) is 0 Å². The van der Waals surface area contributed by atoms with E-state index in [4.69, 9.17) is 0 Å². The molecule has 1 atom stereocenters. The van der Waals surface area contributed by atoms with Crippen molar-refractivity contribution in [2.24, 2.45) is 11.3 Å². The molecule has 0 aromatic heterocycles. The Morgan fingerprint density at radius 1 is 0.433 bits per heavy atom. The van der Waals surface area contributed by atoms with Gasteiger partial charge in [-0.15, -0.1) is 0 Å². The van der Waals surface area contributed by atoms with E-state index in [-0.39, 0.29) is 25.7 Å². The molecule has 3 heteroatoms. The summed E-state index contributed by atoms with van der Waals surface area (Å²) >= 11 is 0. The van der Waals surface area contributed by atoms with Crippen LogP contribution in [-0.2, 0) is 0 Å². The highest BCUT2D eigenvalue weighted by atomic mass is 16.3. The third-order valence-electron chi connectivity index (χ3n) is 7.69. The average molecular weight is 427 g/mol. The summed E-state index contributed by atoms with van der Waals surface area (Å²) in [4.78, 5) is 0. The van der Waals surface area contributed by atoms with Crippen LogP contribution in [0.5, 0.6) is 0 Å². The summed E-state index contributed by atoms with van der Waals surface area (Å²) in [7, 11) is 0. The lowest BCUT2D eigenvalue weighted by atomic mass is 9.71.